The fourth-order valence-corrected chi connectivity index (χ4v) is 3.00. The number of hydrogen-bond donors (Lipinski definition) is 1. The molecular weight excluding hydrogens is 363 g/mol. The van der Waals surface area contributed by atoms with Crippen LogP contribution in [0, 0.1) is 0 Å². The Morgan fingerprint density at radius 1 is 1.20 bits per heavy atom. The third-order valence-corrected chi connectivity index (χ3v) is 4.42. The first-order valence-electron chi connectivity index (χ1n) is 7.75. The molecule has 1 fully saturated rings. The largest absolute Gasteiger partial charge is 0.365 e. The topological polar surface area (TPSA) is 58.6 Å². The van der Waals surface area contributed by atoms with Crippen molar-refractivity contribution >= 4 is 40.7 Å². The molecule has 2 aromatic carbocycles. The van der Waals surface area contributed by atoms with Crippen LogP contribution in [0.5, 0.6) is 0 Å². The van der Waals surface area contributed by atoms with Crippen LogP contribution in [-0.4, -0.2) is 37.6 Å². The molecule has 1 N–H and O–H groups in total. The van der Waals surface area contributed by atoms with E-state index in [4.69, 9.17) is 27.9 Å². The van der Waals surface area contributed by atoms with Crippen molar-refractivity contribution in [3.8, 4) is 0 Å². The van der Waals surface area contributed by atoms with E-state index in [1.807, 2.05) is 6.07 Å². The van der Waals surface area contributed by atoms with E-state index in [0.717, 1.165) is 0 Å². The van der Waals surface area contributed by atoms with Gasteiger partial charge < -0.3 is 15.0 Å². The number of halogens is 2. The number of carbonyl (C=O) groups is 2. The van der Waals surface area contributed by atoms with Gasteiger partial charge in [0.2, 0.25) is 0 Å². The summed E-state index contributed by atoms with van der Waals surface area (Å²) in [6.07, 6.45) is -0.317. The molecule has 1 atom stereocenters. The summed E-state index contributed by atoms with van der Waals surface area (Å²) in [5.41, 5.74) is 1.12. The first-order valence-corrected chi connectivity index (χ1v) is 8.50. The van der Waals surface area contributed by atoms with Gasteiger partial charge >= 0.3 is 0 Å². The highest BCUT2D eigenvalue weighted by atomic mass is 35.5. The second-order valence-electron chi connectivity index (χ2n) is 5.61. The second-order valence-corrected chi connectivity index (χ2v) is 6.45. The molecule has 2 aromatic rings. The number of carbonyl (C=O) groups excluding carboxylic acids is 2. The normalized spacial score (nSPS) is 17.4. The summed E-state index contributed by atoms with van der Waals surface area (Å²) in [4.78, 5) is 25.9. The Labute approximate surface area is 155 Å². The van der Waals surface area contributed by atoms with E-state index in [-0.39, 0.29) is 31.1 Å². The maximum atomic E-state index is 12.2. The molecule has 130 valence electrons. The summed E-state index contributed by atoms with van der Waals surface area (Å²) in [5, 5.41) is 3.74. The molecule has 0 spiro atoms. The molecule has 0 aliphatic carbocycles. The van der Waals surface area contributed by atoms with Crippen molar-refractivity contribution in [1.82, 2.24) is 5.32 Å². The van der Waals surface area contributed by atoms with Crippen molar-refractivity contribution < 1.29 is 14.3 Å². The molecule has 0 bridgehead atoms. The molecule has 5 nitrogen and oxygen atoms in total. The molecule has 0 aromatic heterocycles. The van der Waals surface area contributed by atoms with Crippen LogP contribution in [0.25, 0.3) is 0 Å². The van der Waals surface area contributed by atoms with Gasteiger partial charge in [0.15, 0.2) is 0 Å². The van der Waals surface area contributed by atoms with E-state index in [2.05, 4.69) is 5.32 Å². The Kier molecular flexibility index (Phi) is 5.58. The molecule has 25 heavy (non-hydrogen) atoms. The van der Waals surface area contributed by atoms with Crippen LogP contribution < -0.4 is 10.2 Å². The first-order chi connectivity index (χ1) is 12.0. The van der Waals surface area contributed by atoms with Crippen LogP contribution in [0.1, 0.15) is 10.4 Å². The van der Waals surface area contributed by atoms with E-state index in [0.29, 0.717) is 27.8 Å². The summed E-state index contributed by atoms with van der Waals surface area (Å²) in [7, 11) is 0. The van der Waals surface area contributed by atoms with E-state index >= 15 is 0 Å². The first kappa shape index (κ1) is 17.7. The number of anilines is 1. The number of rotatable bonds is 4. The maximum absolute atomic E-state index is 12.2. The molecule has 0 radical (unpaired) electrons. The summed E-state index contributed by atoms with van der Waals surface area (Å²) < 4.78 is 5.52. The molecule has 1 saturated heterocycles. The van der Waals surface area contributed by atoms with Crippen molar-refractivity contribution in [2.45, 2.75) is 6.10 Å². The Morgan fingerprint density at radius 2 is 2.00 bits per heavy atom. The van der Waals surface area contributed by atoms with Gasteiger partial charge in [0.25, 0.3) is 11.8 Å². The van der Waals surface area contributed by atoms with Gasteiger partial charge in [0.1, 0.15) is 6.61 Å². The van der Waals surface area contributed by atoms with E-state index in [1.54, 1.807) is 47.4 Å². The molecule has 1 aliphatic heterocycles. The summed E-state index contributed by atoms with van der Waals surface area (Å²) >= 11 is 12.0. The zero-order chi connectivity index (χ0) is 17.8. The molecule has 7 heteroatoms. The lowest BCUT2D eigenvalue weighted by molar-refractivity contribution is -0.129. The van der Waals surface area contributed by atoms with Crippen LogP contribution in [0.15, 0.2) is 48.5 Å². The smallest absolute Gasteiger partial charge is 0.253 e. The molecule has 1 heterocycles. The highest BCUT2D eigenvalue weighted by Crippen LogP contribution is 2.22. The highest BCUT2D eigenvalue weighted by Gasteiger charge is 2.28. The third kappa shape index (κ3) is 4.31. The van der Waals surface area contributed by atoms with Gasteiger partial charge in [0, 0.05) is 17.3 Å². The molecule has 0 saturated carbocycles. The predicted octanol–water partition coefficient (Wildman–Crippen LogP) is 3.16. The summed E-state index contributed by atoms with van der Waals surface area (Å²) in [5.74, 6) is -0.420. The van der Waals surface area contributed by atoms with Crippen LogP contribution >= 0.6 is 23.2 Å². The predicted molar refractivity (Wildman–Crippen MR) is 97.3 cm³/mol. The van der Waals surface area contributed by atoms with Crippen LogP contribution in [0.4, 0.5) is 5.69 Å². The average molecular weight is 379 g/mol. The summed E-state index contributed by atoms with van der Waals surface area (Å²) in [6.45, 7) is 0.565. The highest BCUT2D eigenvalue weighted by molar-refractivity contribution is 6.33. The number of morpholine rings is 1. The Balaban J connectivity index is 1.63. The monoisotopic (exact) mass is 378 g/mol. The molecular formula is C18H16Cl2N2O3. The standard InChI is InChI=1S/C18H16Cl2N2O3/c19-12-4-3-5-13(8-12)22-10-14(25-11-17(22)23)9-21-18(24)15-6-1-2-7-16(15)20/h1-8,14H,9-11H2,(H,21,24). The van der Waals surface area contributed by atoms with Gasteiger partial charge in [-0.1, -0.05) is 41.4 Å². The Morgan fingerprint density at radius 3 is 2.76 bits per heavy atom. The molecule has 3 rings (SSSR count). The SMILES string of the molecule is O=C(NCC1CN(c2cccc(Cl)c2)C(=O)CO1)c1ccccc1Cl. The lowest BCUT2D eigenvalue weighted by atomic mass is 10.2. The molecule has 1 aliphatic rings. The minimum atomic E-state index is -0.317. The van der Waals surface area contributed by atoms with Gasteiger partial charge in [-0.3, -0.25) is 9.59 Å². The lowest BCUT2D eigenvalue weighted by Gasteiger charge is -2.33. The Hall–Kier alpha value is -2.08. The number of amides is 2. The fourth-order valence-electron chi connectivity index (χ4n) is 2.59. The van der Waals surface area contributed by atoms with E-state index < -0.39 is 0 Å². The third-order valence-electron chi connectivity index (χ3n) is 3.86. The van der Waals surface area contributed by atoms with Gasteiger partial charge in [-0.25, -0.2) is 0 Å². The Bertz CT molecular complexity index is 797. The van der Waals surface area contributed by atoms with Crippen LogP contribution in [0.3, 0.4) is 0 Å². The lowest BCUT2D eigenvalue weighted by Crippen LogP contribution is -2.50. The van der Waals surface area contributed by atoms with E-state index in [9.17, 15) is 9.59 Å². The zero-order valence-electron chi connectivity index (χ0n) is 13.2. The molecule has 2 amide bonds. The number of ether oxygens (including phenoxy) is 1. The van der Waals surface area contributed by atoms with Gasteiger partial charge in [-0.05, 0) is 30.3 Å². The second kappa shape index (κ2) is 7.87. The van der Waals surface area contributed by atoms with Gasteiger partial charge in [-0.15, -0.1) is 0 Å². The van der Waals surface area contributed by atoms with Crippen LogP contribution in [0.2, 0.25) is 10.0 Å². The zero-order valence-corrected chi connectivity index (χ0v) is 14.8. The minimum absolute atomic E-state index is 0.0425. The van der Waals surface area contributed by atoms with Gasteiger partial charge in [0.05, 0.1) is 23.2 Å². The van der Waals surface area contributed by atoms with E-state index in [1.165, 1.54) is 0 Å². The quantitative estimate of drug-likeness (QED) is 0.888. The summed E-state index contributed by atoms with van der Waals surface area (Å²) in [6, 6.07) is 13.9. The minimum Gasteiger partial charge on any atom is -0.365 e. The van der Waals surface area contributed by atoms with Crippen molar-refractivity contribution in [2.75, 3.05) is 24.6 Å². The fraction of sp³-hybridized carbons (Fsp3) is 0.222. The van der Waals surface area contributed by atoms with Crippen molar-refractivity contribution in [1.29, 1.82) is 0 Å². The maximum Gasteiger partial charge on any atom is 0.253 e. The van der Waals surface area contributed by atoms with Gasteiger partial charge in [-0.2, -0.15) is 0 Å². The number of nitrogens with one attached hydrogen (secondary N) is 1. The van der Waals surface area contributed by atoms with Crippen molar-refractivity contribution in [2.24, 2.45) is 0 Å². The molecule has 1 unspecified atom stereocenters. The van der Waals surface area contributed by atoms with Crippen LogP contribution in [-0.2, 0) is 9.53 Å². The average Bonchev–Trinajstić information content (AvgIpc) is 2.61. The number of benzene rings is 2. The number of hydrogen-bond acceptors (Lipinski definition) is 3. The number of nitrogens with zero attached hydrogens (tertiary/aromatic N) is 1. The van der Waals surface area contributed by atoms with Crippen molar-refractivity contribution in [3.63, 3.8) is 0 Å². The van der Waals surface area contributed by atoms with Crippen molar-refractivity contribution in [3.05, 3.63) is 64.1 Å².